The Morgan fingerprint density at radius 3 is 2.62 bits per heavy atom. The molecule has 0 radical (unpaired) electrons. The van der Waals surface area contributed by atoms with E-state index in [-0.39, 0.29) is 18.2 Å². The van der Waals surface area contributed by atoms with Crippen molar-refractivity contribution in [3.8, 4) is 0 Å². The summed E-state index contributed by atoms with van der Waals surface area (Å²) in [5.41, 5.74) is 1.17. The Hall–Kier alpha value is -2.17. The fourth-order valence-electron chi connectivity index (χ4n) is 3.40. The van der Waals surface area contributed by atoms with E-state index in [0.717, 1.165) is 25.7 Å². The van der Waals surface area contributed by atoms with Crippen molar-refractivity contribution >= 4 is 5.97 Å². The topological polar surface area (TPSA) is 48.1 Å². The van der Waals surface area contributed by atoms with Crippen LogP contribution in [0.15, 0.2) is 66.8 Å². The lowest BCUT2D eigenvalue weighted by Crippen LogP contribution is -2.09. The van der Waals surface area contributed by atoms with Gasteiger partial charge in [-0.25, -0.2) is 0 Å². The van der Waals surface area contributed by atoms with Gasteiger partial charge < -0.3 is 14.2 Å². The lowest BCUT2D eigenvalue weighted by atomic mass is 10.1. The first-order valence-electron chi connectivity index (χ1n) is 12.1. The van der Waals surface area contributed by atoms with E-state index in [9.17, 15) is 4.79 Å². The number of unbranched alkanes of at least 4 members (excludes halogenated alkanes) is 4. The zero-order valence-electron chi connectivity index (χ0n) is 19.8. The SMILES string of the molecule is CCCCC/C=C\C[C@@H]1O[C@@H]1/C=C/C(C/C=C\CCCC(=O)OC)OCc1ccccc1. The Labute approximate surface area is 194 Å². The summed E-state index contributed by atoms with van der Waals surface area (Å²) >= 11 is 0. The summed E-state index contributed by atoms with van der Waals surface area (Å²) in [5, 5.41) is 0. The average Bonchev–Trinajstić information content (AvgIpc) is 3.58. The number of carbonyl (C=O) groups is 1. The molecule has 1 aromatic rings. The predicted molar refractivity (Wildman–Crippen MR) is 130 cm³/mol. The van der Waals surface area contributed by atoms with E-state index in [1.165, 1.54) is 38.4 Å². The minimum Gasteiger partial charge on any atom is -0.469 e. The molecule has 2 rings (SSSR count). The molecular weight excluding hydrogens is 400 g/mol. The van der Waals surface area contributed by atoms with Gasteiger partial charge in [0.15, 0.2) is 0 Å². The van der Waals surface area contributed by atoms with E-state index >= 15 is 0 Å². The van der Waals surface area contributed by atoms with Gasteiger partial charge in [0.25, 0.3) is 0 Å². The number of allylic oxidation sites excluding steroid dienone is 2. The number of hydrogen-bond donors (Lipinski definition) is 0. The first-order chi connectivity index (χ1) is 15.7. The van der Waals surface area contributed by atoms with E-state index in [4.69, 9.17) is 9.47 Å². The quantitative estimate of drug-likeness (QED) is 0.117. The second-order valence-electron chi connectivity index (χ2n) is 8.24. The predicted octanol–water partition coefficient (Wildman–Crippen LogP) is 6.71. The third-order valence-electron chi connectivity index (χ3n) is 5.47. The molecule has 4 heteroatoms. The normalized spacial score (nSPS) is 19.2. The maximum atomic E-state index is 11.2. The van der Waals surface area contributed by atoms with E-state index < -0.39 is 0 Å². The third-order valence-corrected chi connectivity index (χ3v) is 5.47. The molecule has 1 saturated heterocycles. The van der Waals surface area contributed by atoms with E-state index in [1.54, 1.807) is 0 Å². The maximum Gasteiger partial charge on any atom is 0.305 e. The molecule has 0 spiro atoms. The van der Waals surface area contributed by atoms with Crippen LogP contribution < -0.4 is 0 Å². The van der Waals surface area contributed by atoms with Gasteiger partial charge in [-0.2, -0.15) is 0 Å². The van der Waals surface area contributed by atoms with E-state index in [1.807, 2.05) is 18.2 Å². The lowest BCUT2D eigenvalue weighted by molar-refractivity contribution is -0.140. The number of methoxy groups -OCH3 is 1. The number of benzene rings is 1. The highest BCUT2D eigenvalue weighted by Crippen LogP contribution is 2.27. The van der Waals surface area contributed by atoms with Crippen molar-refractivity contribution in [3.63, 3.8) is 0 Å². The minimum atomic E-state index is -0.153. The number of epoxide rings is 1. The van der Waals surface area contributed by atoms with Crippen molar-refractivity contribution < 1.29 is 19.0 Å². The van der Waals surface area contributed by atoms with Crippen molar-refractivity contribution in [3.05, 3.63) is 72.4 Å². The highest BCUT2D eigenvalue weighted by Gasteiger charge is 2.35. The van der Waals surface area contributed by atoms with E-state index in [2.05, 4.69) is 60.2 Å². The molecule has 0 saturated carbocycles. The van der Waals surface area contributed by atoms with Gasteiger partial charge in [0, 0.05) is 6.42 Å². The van der Waals surface area contributed by atoms with Gasteiger partial charge in [0.05, 0.1) is 25.9 Å². The van der Waals surface area contributed by atoms with Gasteiger partial charge in [0.2, 0.25) is 0 Å². The summed E-state index contributed by atoms with van der Waals surface area (Å²) in [6.45, 7) is 2.82. The molecule has 1 aromatic carbocycles. The van der Waals surface area contributed by atoms with Crippen LogP contribution in [0.5, 0.6) is 0 Å². The molecule has 1 aliphatic rings. The fraction of sp³-hybridized carbons (Fsp3) is 0.536. The molecule has 0 bridgehead atoms. The van der Waals surface area contributed by atoms with Gasteiger partial charge >= 0.3 is 5.97 Å². The Morgan fingerprint density at radius 1 is 1.06 bits per heavy atom. The molecule has 3 atom stereocenters. The second kappa shape index (κ2) is 16.5. The van der Waals surface area contributed by atoms with Crippen molar-refractivity contribution in [2.24, 2.45) is 0 Å². The zero-order chi connectivity index (χ0) is 22.9. The van der Waals surface area contributed by atoms with Crippen LogP contribution in [0.4, 0.5) is 0 Å². The molecule has 1 heterocycles. The molecular formula is C28H40O4. The summed E-state index contributed by atoms with van der Waals surface area (Å²) in [5.74, 6) is -0.153. The van der Waals surface area contributed by atoms with Gasteiger partial charge in [-0.1, -0.05) is 86.6 Å². The fourth-order valence-corrected chi connectivity index (χ4v) is 3.40. The summed E-state index contributed by atoms with van der Waals surface area (Å²) in [6, 6.07) is 10.2. The number of carbonyl (C=O) groups excluding carboxylic acids is 1. The standard InChI is InChI=1S/C28H40O4/c1-3-4-5-6-7-14-19-26-27(32-26)22-21-25(31-23-24-16-11-10-12-17-24)18-13-8-9-15-20-28(29)30-2/h7-8,10-14,16-17,21-22,25-27H,3-6,9,15,18-20,23H2,1-2H3/b13-8-,14-7-,22-21+/t25?,26-,27+/m0/s1. The molecule has 0 aliphatic carbocycles. The van der Waals surface area contributed by atoms with Crippen LogP contribution in [-0.4, -0.2) is 31.4 Å². The van der Waals surface area contributed by atoms with E-state index in [0.29, 0.717) is 19.1 Å². The van der Waals surface area contributed by atoms with Crippen LogP contribution >= 0.6 is 0 Å². The monoisotopic (exact) mass is 440 g/mol. The number of esters is 1. The highest BCUT2D eigenvalue weighted by atomic mass is 16.6. The molecule has 1 unspecified atom stereocenters. The summed E-state index contributed by atoms with van der Waals surface area (Å²) in [6.07, 6.45) is 22.5. The number of hydrogen-bond acceptors (Lipinski definition) is 4. The molecule has 1 fully saturated rings. The van der Waals surface area contributed by atoms with Crippen molar-refractivity contribution in [1.82, 2.24) is 0 Å². The largest absolute Gasteiger partial charge is 0.469 e. The lowest BCUT2D eigenvalue weighted by Gasteiger charge is -2.12. The molecule has 0 aromatic heterocycles. The summed E-state index contributed by atoms with van der Waals surface area (Å²) < 4.78 is 16.6. The van der Waals surface area contributed by atoms with Crippen LogP contribution in [0.2, 0.25) is 0 Å². The van der Waals surface area contributed by atoms with Crippen molar-refractivity contribution in [1.29, 1.82) is 0 Å². The molecule has 1 aliphatic heterocycles. The smallest absolute Gasteiger partial charge is 0.305 e. The Bertz CT molecular complexity index is 707. The molecule has 32 heavy (non-hydrogen) atoms. The average molecular weight is 441 g/mol. The van der Waals surface area contributed by atoms with Gasteiger partial charge in [-0.05, 0) is 44.1 Å². The van der Waals surface area contributed by atoms with Gasteiger partial charge in [-0.15, -0.1) is 0 Å². The molecule has 176 valence electrons. The molecule has 0 amide bonds. The first-order valence-corrected chi connectivity index (χ1v) is 12.1. The van der Waals surface area contributed by atoms with Crippen LogP contribution in [0.25, 0.3) is 0 Å². The Morgan fingerprint density at radius 2 is 1.84 bits per heavy atom. The van der Waals surface area contributed by atoms with Gasteiger partial charge in [0.1, 0.15) is 6.10 Å². The van der Waals surface area contributed by atoms with Crippen LogP contribution in [0, 0.1) is 0 Å². The van der Waals surface area contributed by atoms with Crippen LogP contribution in [0.1, 0.15) is 70.3 Å². The summed E-state index contributed by atoms with van der Waals surface area (Å²) in [4.78, 5) is 11.2. The Kier molecular flexibility index (Phi) is 13.4. The molecule has 4 nitrogen and oxygen atoms in total. The summed E-state index contributed by atoms with van der Waals surface area (Å²) in [7, 11) is 1.43. The Balaban J connectivity index is 1.75. The molecule has 0 N–H and O–H groups in total. The van der Waals surface area contributed by atoms with Crippen molar-refractivity contribution in [2.75, 3.05) is 7.11 Å². The van der Waals surface area contributed by atoms with Crippen LogP contribution in [-0.2, 0) is 25.6 Å². The highest BCUT2D eigenvalue weighted by molar-refractivity contribution is 5.69. The maximum absolute atomic E-state index is 11.2. The first kappa shape index (κ1) is 26.1. The zero-order valence-corrected chi connectivity index (χ0v) is 19.8. The van der Waals surface area contributed by atoms with Crippen molar-refractivity contribution in [2.45, 2.75) is 89.6 Å². The second-order valence-corrected chi connectivity index (χ2v) is 8.24. The number of rotatable bonds is 17. The number of ether oxygens (including phenoxy) is 3. The third kappa shape index (κ3) is 12.0. The van der Waals surface area contributed by atoms with Crippen LogP contribution in [0.3, 0.4) is 0 Å². The van der Waals surface area contributed by atoms with Gasteiger partial charge in [-0.3, -0.25) is 4.79 Å². The minimum absolute atomic E-state index is 0.00139.